The molecule has 1 fully saturated rings. The Morgan fingerprint density at radius 2 is 2.20 bits per heavy atom. The summed E-state index contributed by atoms with van der Waals surface area (Å²) in [5.41, 5.74) is 5.57. The van der Waals surface area contributed by atoms with Gasteiger partial charge in [-0.2, -0.15) is 16.7 Å². The molecule has 0 radical (unpaired) electrons. The van der Waals surface area contributed by atoms with Gasteiger partial charge in [0.15, 0.2) is 0 Å². The number of thioether (sulfide) groups is 2. The van der Waals surface area contributed by atoms with Crippen LogP contribution in [-0.2, 0) is 0 Å². The van der Waals surface area contributed by atoms with Gasteiger partial charge in [0.1, 0.15) is 12.2 Å². The average Bonchev–Trinajstić information content (AvgIpc) is 2.29. The van der Waals surface area contributed by atoms with Crippen molar-refractivity contribution in [2.75, 3.05) is 17.2 Å². The summed E-state index contributed by atoms with van der Waals surface area (Å²) >= 11 is 3.94. The Balaban J connectivity index is 2.20. The van der Waals surface area contributed by atoms with Gasteiger partial charge in [-0.3, -0.25) is 0 Å². The van der Waals surface area contributed by atoms with Crippen LogP contribution in [0.25, 0.3) is 0 Å². The maximum Gasteiger partial charge on any atom is 0.223 e. The van der Waals surface area contributed by atoms with Crippen LogP contribution in [0.15, 0.2) is 6.33 Å². The lowest BCUT2D eigenvalue weighted by Crippen LogP contribution is -2.20. The number of hydrogen-bond donors (Lipinski definition) is 1. The van der Waals surface area contributed by atoms with Gasteiger partial charge in [0, 0.05) is 16.8 Å². The molecule has 0 saturated carbocycles. The molecule has 82 valence electrons. The number of nitrogens with two attached hydrogens (primary N) is 1. The monoisotopic (exact) mass is 242 g/mol. The van der Waals surface area contributed by atoms with Crippen LogP contribution in [0.5, 0.6) is 0 Å². The summed E-state index contributed by atoms with van der Waals surface area (Å²) in [6, 6.07) is 0. The molecule has 2 atom stereocenters. The van der Waals surface area contributed by atoms with E-state index in [0.717, 1.165) is 18.0 Å². The van der Waals surface area contributed by atoms with E-state index in [1.165, 1.54) is 12.1 Å². The molecule has 1 aliphatic heterocycles. The summed E-state index contributed by atoms with van der Waals surface area (Å²) in [4.78, 5) is 12.3. The minimum absolute atomic E-state index is 0.325. The van der Waals surface area contributed by atoms with E-state index in [0.29, 0.717) is 16.4 Å². The molecule has 0 spiro atoms. The SMILES string of the molecule is CCC1SCCSC1c1ncnc(N)n1. The summed E-state index contributed by atoms with van der Waals surface area (Å²) < 4.78 is 0. The minimum atomic E-state index is 0.325. The fraction of sp³-hybridized carbons (Fsp3) is 0.667. The Bertz CT molecular complexity index is 334. The third-order valence-electron chi connectivity index (χ3n) is 2.32. The van der Waals surface area contributed by atoms with Crippen LogP contribution < -0.4 is 5.73 Å². The molecule has 2 unspecified atom stereocenters. The lowest BCUT2D eigenvalue weighted by Gasteiger charge is -2.28. The molecule has 6 heteroatoms. The largest absolute Gasteiger partial charge is 0.368 e. The van der Waals surface area contributed by atoms with E-state index in [2.05, 4.69) is 21.9 Å². The molecular formula is C9H14N4S2. The molecule has 0 bridgehead atoms. The van der Waals surface area contributed by atoms with Crippen molar-refractivity contribution < 1.29 is 0 Å². The first-order chi connectivity index (χ1) is 7.31. The highest BCUT2D eigenvalue weighted by molar-refractivity contribution is 8.06. The van der Waals surface area contributed by atoms with Crippen molar-refractivity contribution in [2.45, 2.75) is 23.8 Å². The first kappa shape index (κ1) is 11.0. The third-order valence-corrected chi connectivity index (χ3v) is 5.56. The van der Waals surface area contributed by atoms with Gasteiger partial charge in [0.25, 0.3) is 0 Å². The molecule has 1 aliphatic rings. The third kappa shape index (κ3) is 2.55. The maximum absolute atomic E-state index is 5.57. The van der Waals surface area contributed by atoms with Crippen molar-refractivity contribution >= 4 is 29.5 Å². The maximum atomic E-state index is 5.57. The summed E-state index contributed by atoms with van der Waals surface area (Å²) in [6.07, 6.45) is 2.65. The van der Waals surface area contributed by atoms with Gasteiger partial charge in [0.05, 0.1) is 5.25 Å². The lowest BCUT2D eigenvalue weighted by molar-refractivity contribution is 0.744. The van der Waals surface area contributed by atoms with Crippen LogP contribution in [0.4, 0.5) is 5.95 Å². The van der Waals surface area contributed by atoms with E-state index in [-0.39, 0.29) is 0 Å². The van der Waals surface area contributed by atoms with E-state index in [4.69, 9.17) is 5.73 Å². The molecule has 2 rings (SSSR count). The molecule has 1 aromatic heterocycles. The lowest BCUT2D eigenvalue weighted by atomic mass is 10.2. The van der Waals surface area contributed by atoms with E-state index in [1.54, 1.807) is 0 Å². The van der Waals surface area contributed by atoms with Crippen LogP contribution in [0.2, 0.25) is 0 Å². The highest BCUT2D eigenvalue weighted by Crippen LogP contribution is 2.42. The molecule has 0 amide bonds. The van der Waals surface area contributed by atoms with Gasteiger partial charge < -0.3 is 5.73 Å². The normalized spacial score (nSPS) is 26.5. The average molecular weight is 242 g/mol. The van der Waals surface area contributed by atoms with Crippen LogP contribution in [0.3, 0.4) is 0 Å². The van der Waals surface area contributed by atoms with Gasteiger partial charge in [-0.25, -0.2) is 9.97 Å². The van der Waals surface area contributed by atoms with E-state index in [1.807, 2.05) is 23.5 Å². The Labute approximate surface area is 97.9 Å². The number of anilines is 1. The predicted octanol–water partition coefficient (Wildman–Crippen LogP) is 1.75. The van der Waals surface area contributed by atoms with E-state index in [9.17, 15) is 0 Å². The van der Waals surface area contributed by atoms with Crippen molar-refractivity contribution in [2.24, 2.45) is 0 Å². The fourth-order valence-corrected chi connectivity index (χ4v) is 4.60. The van der Waals surface area contributed by atoms with Crippen molar-refractivity contribution in [3.63, 3.8) is 0 Å². The first-order valence-electron chi connectivity index (χ1n) is 4.99. The zero-order valence-corrected chi connectivity index (χ0v) is 10.2. The van der Waals surface area contributed by atoms with Crippen LogP contribution in [0, 0.1) is 0 Å². The number of aromatic nitrogens is 3. The highest BCUT2D eigenvalue weighted by atomic mass is 32.2. The van der Waals surface area contributed by atoms with Crippen LogP contribution in [-0.4, -0.2) is 31.7 Å². The fourth-order valence-electron chi connectivity index (χ4n) is 1.60. The molecule has 0 aliphatic carbocycles. The Kier molecular flexibility index (Phi) is 3.69. The molecule has 0 aromatic carbocycles. The number of nitrogens with zero attached hydrogens (tertiary/aromatic N) is 3. The standard InChI is InChI=1S/C9H14N4S2/c1-2-6-7(15-4-3-14-6)8-11-5-12-9(10)13-8/h5-7H,2-4H2,1H3,(H2,10,11,12,13). The Morgan fingerprint density at radius 3 is 2.93 bits per heavy atom. The van der Waals surface area contributed by atoms with Crippen molar-refractivity contribution in [3.8, 4) is 0 Å². The van der Waals surface area contributed by atoms with Gasteiger partial charge in [0.2, 0.25) is 5.95 Å². The van der Waals surface area contributed by atoms with E-state index < -0.39 is 0 Å². The van der Waals surface area contributed by atoms with Gasteiger partial charge >= 0.3 is 0 Å². The van der Waals surface area contributed by atoms with Crippen molar-refractivity contribution in [3.05, 3.63) is 12.2 Å². The minimum Gasteiger partial charge on any atom is -0.368 e. The van der Waals surface area contributed by atoms with Gasteiger partial charge in [-0.1, -0.05) is 6.92 Å². The molecule has 2 N–H and O–H groups in total. The highest BCUT2D eigenvalue weighted by Gasteiger charge is 2.28. The molecule has 1 saturated heterocycles. The van der Waals surface area contributed by atoms with Crippen molar-refractivity contribution in [1.82, 2.24) is 15.0 Å². The number of hydrogen-bond acceptors (Lipinski definition) is 6. The smallest absolute Gasteiger partial charge is 0.223 e. The van der Waals surface area contributed by atoms with Crippen LogP contribution in [0.1, 0.15) is 24.4 Å². The molecule has 15 heavy (non-hydrogen) atoms. The zero-order chi connectivity index (χ0) is 10.7. The Morgan fingerprint density at radius 1 is 1.40 bits per heavy atom. The van der Waals surface area contributed by atoms with Gasteiger partial charge in [-0.05, 0) is 6.42 Å². The number of nitrogen functional groups attached to an aromatic ring is 1. The first-order valence-corrected chi connectivity index (χ1v) is 7.08. The quantitative estimate of drug-likeness (QED) is 0.852. The van der Waals surface area contributed by atoms with Gasteiger partial charge in [-0.15, -0.1) is 11.8 Å². The van der Waals surface area contributed by atoms with Crippen LogP contribution >= 0.6 is 23.5 Å². The molecule has 1 aromatic rings. The second kappa shape index (κ2) is 5.03. The molecule has 2 heterocycles. The van der Waals surface area contributed by atoms with E-state index >= 15 is 0 Å². The topological polar surface area (TPSA) is 64.7 Å². The summed E-state index contributed by atoms with van der Waals surface area (Å²) in [5.74, 6) is 3.55. The summed E-state index contributed by atoms with van der Waals surface area (Å²) in [7, 11) is 0. The Hall–Kier alpha value is -0.490. The van der Waals surface area contributed by atoms with Crippen molar-refractivity contribution in [1.29, 1.82) is 0 Å². The second-order valence-corrected chi connectivity index (χ2v) is 5.91. The summed E-state index contributed by atoms with van der Waals surface area (Å²) in [5, 5.41) is 0.976. The second-order valence-electron chi connectivity index (χ2n) is 3.31. The number of rotatable bonds is 2. The molecular weight excluding hydrogens is 228 g/mol. The zero-order valence-electron chi connectivity index (χ0n) is 8.59. The summed E-state index contributed by atoms with van der Waals surface area (Å²) in [6.45, 7) is 2.21. The predicted molar refractivity (Wildman–Crippen MR) is 66.0 cm³/mol. The molecule has 4 nitrogen and oxygen atoms in total.